The molecule has 0 atom stereocenters. The molecular formula is C16H24N2O. The lowest BCUT2D eigenvalue weighted by molar-refractivity contribution is -0.118. The second-order valence-electron chi connectivity index (χ2n) is 6.20. The average Bonchev–Trinajstić information content (AvgIpc) is 2.34. The van der Waals surface area contributed by atoms with Crippen molar-refractivity contribution in [2.75, 3.05) is 24.5 Å². The second kappa shape index (κ2) is 5.74. The van der Waals surface area contributed by atoms with Crippen molar-refractivity contribution in [3.8, 4) is 0 Å². The van der Waals surface area contributed by atoms with Gasteiger partial charge in [-0.15, -0.1) is 0 Å². The number of carbonyl (C=O) groups is 1. The van der Waals surface area contributed by atoms with Crippen molar-refractivity contribution in [3.63, 3.8) is 0 Å². The maximum Gasteiger partial charge on any atom is 0.228 e. The molecule has 19 heavy (non-hydrogen) atoms. The highest BCUT2D eigenvalue weighted by Crippen LogP contribution is 2.25. The Bertz CT molecular complexity index is 431. The molecule has 1 amide bonds. The van der Waals surface area contributed by atoms with Crippen LogP contribution in [-0.2, 0) is 10.2 Å². The highest BCUT2D eigenvalue weighted by atomic mass is 16.2. The summed E-state index contributed by atoms with van der Waals surface area (Å²) in [7, 11) is 0. The zero-order valence-electron chi connectivity index (χ0n) is 12.2. The maximum atomic E-state index is 12.1. The van der Waals surface area contributed by atoms with Gasteiger partial charge in [-0.3, -0.25) is 4.79 Å². The van der Waals surface area contributed by atoms with E-state index in [1.165, 1.54) is 5.56 Å². The average molecular weight is 260 g/mol. The van der Waals surface area contributed by atoms with Crippen LogP contribution in [0.5, 0.6) is 0 Å². The summed E-state index contributed by atoms with van der Waals surface area (Å²) in [5, 5.41) is 3.27. The van der Waals surface area contributed by atoms with E-state index >= 15 is 0 Å². The van der Waals surface area contributed by atoms with E-state index in [-0.39, 0.29) is 11.3 Å². The monoisotopic (exact) mass is 260 g/mol. The number of benzene rings is 1. The maximum absolute atomic E-state index is 12.1. The number of hydrogen-bond donors (Lipinski definition) is 1. The Balaban J connectivity index is 2.17. The normalized spacial score (nSPS) is 18.1. The minimum atomic E-state index is 0.155. The minimum absolute atomic E-state index is 0.155. The van der Waals surface area contributed by atoms with Gasteiger partial charge in [-0.25, -0.2) is 0 Å². The molecule has 1 aliphatic rings. The molecule has 1 saturated heterocycles. The topological polar surface area (TPSA) is 32.3 Å². The fourth-order valence-corrected chi connectivity index (χ4v) is 2.36. The lowest BCUT2D eigenvalue weighted by Crippen LogP contribution is -2.38. The lowest BCUT2D eigenvalue weighted by Gasteiger charge is -2.26. The molecule has 0 saturated carbocycles. The first-order chi connectivity index (χ1) is 8.98. The zero-order valence-corrected chi connectivity index (χ0v) is 12.2. The number of amides is 1. The lowest BCUT2D eigenvalue weighted by atomic mass is 9.87. The van der Waals surface area contributed by atoms with Crippen molar-refractivity contribution in [2.45, 2.75) is 39.0 Å². The van der Waals surface area contributed by atoms with Gasteiger partial charge in [0, 0.05) is 25.2 Å². The molecule has 104 valence electrons. The smallest absolute Gasteiger partial charge is 0.228 e. The van der Waals surface area contributed by atoms with Gasteiger partial charge in [-0.1, -0.05) is 32.9 Å². The first-order valence-electron chi connectivity index (χ1n) is 7.10. The van der Waals surface area contributed by atoms with Crippen LogP contribution >= 0.6 is 0 Å². The van der Waals surface area contributed by atoms with Crippen LogP contribution in [0.4, 0.5) is 5.69 Å². The summed E-state index contributed by atoms with van der Waals surface area (Å²) in [6.45, 7) is 9.19. The standard InChI is InChI=1S/C16H24N2O/c1-16(2,3)13-5-7-14(8-6-13)18-12-4-10-17-11-9-15(18)19/h5-8,17H,4,9-12H2,1-3H3. The van der Waals surface area contributed by atoms with Crippen molar-refractivity contribution in [3.05, 3.63) is 29.8 Å². The van der Waals surface area contributed by atoms with Crippen molar-refractivity contribution in [1.82, 2.24) is 5.32 Å². The third-order valence-corrected chi connectivity index (χ3v) is 3.60. The molecule has 1 aromatic carbocycles. The summed E-state index contributed by atoms with van der Waals surface area (Å²) in [5.41, 5.74) is 2.49. The molecule has 0 aromatic heterocycles. The Morgan fingerprint density at radius 3 is 2.42 bits per heavy atom. The molecule has 1 N–H and O–H groups in total. The predicted octanol–water partition coefficient (Wildman–Crippen LogP) is 2.70. The van der Waals surface area contributed by atoms with E-state index in [1.807, 2.05) is 4.90 Å². The van der Waals surface area contributed by atoms with Crippen LogP contribution in [0.15, 0.2) is 24.3 Å². The number of rotatable bonds is 1. The molecule has 0 unspecified atom stereocenters. The predicted molar refractivity (Wildman–Crippen MR) is 79.6 cm³/mol. The number of nitrogens with zero attached hydrogens (tertiary/aromatic N) is 1. The Morgan fingerprint density at radius 1 is 1.11 bits per heavy atom. The van der Waals surface area contributed by atoms with Gasteiger partial charge in [0.05, 0.1) is 0 Å². The Morgan fingerprint density at radius 2 is 1.79 bits per heavy atom. The van der Waals surface area contributed by atoms with Gasteiger partial charge in [-0.05, 0) is 36.1 Å². The number of anilines is 1. The fraction of sp³-hybridized carbons (Fsp3) is 0.562. The fourth-order valence-electron chi connectivity index (χ4n) is 2.36. The number of carbonyl (C=O) groups excluding carboxylic acids is 1. The van der Waals surface area contributed by atoms with E-state index in [2.05, 4.69) is 50.4 Å². The second-order valence-corrected chi connectivity index (χ2v) is 6.20. The third kappa shape index (κ3) is 3.57. The van der Waals surface area contributed by atoms with Crippen molar-refractivity contribution >= 4 is 11.6 Å². The highest BCUT2D eigenvalue weighted by molar-refractivity contribution is 5.93. The molecule has 0 spiro atoms. The Labute approximate surface area is 116 Å². The molecule has 0 bridgehead atoms. The molecular weight excluding hydrogens is 236 g/mol. The van der Waals surface area contributed by atoms with E-state index in [4.69, 9.17) is 0 Å². The van der Waals surface area contributed by atoms with Crippen LogP contribution < -0.4 is 10.2 Å². The van der Waals surface area contributed by atoms with Gasteiger partial charge < -0.3 is 10.2 Å². The Hall–Kier alpha value is -1.35. The van der Waals surface area contributed by atoms with Crippen molar-refractivity contribution < 1.29 is 4.79 Å². The quantitative estimate of drug-likeness (QED) is 0.842. The Kier molecular flexibility index (Phi) is 4.25. The summed E-state index contributed by atoms with van der Waals surface area (Å²) >= 11 is 0. The molecule has 1 fully saturated rings. The zero-order chi connectivity index (χ0) is 13.9. The summed E-state index contributed by atoms with van der Waals surface area (Å²) < 4.78 is 0. The van der Waals surface area contributed by atoms with Crippen molar-refractivity contribution in [2.24, 2.45) is 0 Å². The van der Waals surface area contributed by atoms with Crippen LogP contribution in [0, 0.1) is 0 Å². The van der Waals surface area contributed by atoms with Gasteiger partial charge in [0.1, 0.15) is 0 Å². The summed E-state index contributed by atoms with van der Waals surface area (Å²) in [6, 6.07) is 8.43. The highest BCUT2D eigenvalue weighted by Gasteiger charge is 2.18. The molecule has 0 aliphatic carbocycles. The van der Waals surface area contributed by atoms with E-state index in [9.17, 15) is 4.79 Å². The molecule has 1 heterocycles. The largest absolute Gasteiger partial charge is 0.316 e. The molecule has 3 nitrogen and oxygen atoms in total. The SMILES string of the molecule is CC(C)(C)c1ccc(N2CCCNCCC2=O)cc1. The van der Waals surface area contributed by atoms with Gasteiger partial charge in [0.25, 0.3) is 0 Å². The first kappa shape index (κ1) is 14.1. The van der Waals surface area contributed by atoms with Gasteiger partial charge in [0.15, 0.2) is 0 Å². The molecule has 1 aliphatic heterocycles. The van der Waals surface area contributed by atoms with Gasteiger partial charge in [0.2, 0.25) is 5.91 Å². The van der Waals surface area contributed by atoms with E-state index in [0.29, 0.717) is 6.42 Å². The van der Waals surface area contributed by atoms with Crippen LogP contribution in [-0.4, -0.2) is 25.5 Å². The molecule has 0 radical (unpaired) electrons. The summed E-state index contributed by atoms with van der Waals surface area (Å²) in [6.07, 6.45) is 1.59. The minimum Gasteiger partial charge on any atom is -0.316 e. The van der Waals surface area contributed by atoms with Crippen LogP contribution in [0.3, 0.4) is 0 Å². The summed E-state index contributed by atoms with van der Waals surface area (Å²) in [5.74, 6) is 0.218. The van der Waals surface area contributed by atoms with Crippen LogP contribution in [0.1, 0.15) is 39.2 Å². The molecule has 1 aromatic rings. The van der Waals surface area contributed by atoms with E-state index in [1.54, 1.807) is 0 Å². The molecule has 2 rings (SSSR count). The van der Waals surface area contributed by atoms with Crippen LogP contribution in [0.2, 0.25) is 0 Å². The number of nitrogens with one attached hydrogen (secondary N) is 1. The van der Waals surface area contributed by atoms with Gasteiger partial charge >= 0.3 is 0 Å². The summed E-state index contributed by atoms with van der Waals surface area (Å²) in [4.78, 5) is 14.1. The first-order valence-corrected chi connectivity index (χ1v) is 7.10. The van der Waals surface area contributed by atoms with E-state index in [0.717, 1.165) is 31.7 Å². The number of hydrogen-bond acceptors (Lipinski definition) is 2. The van der Waals surface area contributed by atoms with Crippen molar-refractivity contribution in [1.29, 1.82) is 0 Å². The van der Waals surface area contributed by atoms with E-state index < -0.39 is 0 Å². The molecule has 3 heteroatoms. The van der Waals surface area contributed by atoms with Crippen LogP contribution in [0.25, 0.3) is 0 Å². The van der Waals surface area contributed by atoms with Gasteiger partial charge in [-0.2, -0.15) is 0 Å². The third-order valence-electron chi connectivity index (χ3n) is 3.60.